The first-order chi connectivity index (χ1) is 31.8. The molecule has 0 saturated carbocycles. The summed E-state index contributed by atoms with van der Waals surface area (Å²) < 4.78 is 2.64. The monoisotopic (exact) mass is 831 g/mol. The van der Waals surface area contributed by atoms with Gasteiger partial charge in [-0.3, -0.25) is 0 Å². The van der Waals surface area contributed by atoms with Crippen molar-refractivity contribution in [2.24, 2.45) is 0 Å². The van der Waals surface area contributed by atoms with Crippen LogP contribution in [-0.4, -0.2) is 0 Å². The van der Waals surface area contributed by atoms with Crippen LogP contribution in [0.1, 0.15) is 0 Å². The van der Waals surface area contributed by atoms with Gasteiger partial charge in [-0.25, -0.2) is 0 Å². The molecule has 0 N–H and O–H groups in total. The van der Waals surface area contributed by atoms with Gasteiger partial charge in [-0.2, -0.15) is 0 Å². The Kier molecular flexibility index (Phi) is 9.43. The van der Waals surface area contributed by atoms with Crippen molar-refractivity contribution >= 4 is 70.1 Å². The van der Waals surface area contributed by atoms with E-state index in [1.165, 1.54) is 97.4 Å². The van der Waals surface area contributed by atoms with Gasteiger partial charge in [0, 0.05) is 42.5 Å². The molecular formula is C62H41NS. The fraction of sp³-hybridized carbons (Fsp3) is 0. The second kappa shape index (κ2) is 16.0. The molecule has 0 saturated heterocycles. The first kappa shape index (κ1) is 37.7. The number of fused-ring (bicyclic) bond motifs is 6. The van der Waals surface area contributed by atoms with Crippen LogP contribution < -0.4 is 4.90 Å². The lowest BCUT2D eigenvalue weighted by molar-refractivity contribution is 1.30. The molecule has 1 aromatic heterocycles. The van der Waals surface area contributed by atoms with E-state index in [1.807, 2.05) is 11.3 Å². The van der Waals surface area contributed by atoms with Crippen LogP contribution in [0.5, 0.6) is 0 Å². The van der Waals surface area contributed by atoms with E-state index >= 15 is 0 Å². The van der Waals surface area contributed by atoms with Gasteiger partial charge in [0.1, 0.15) is 0 Å². The van der Waals surface area contributed by atoms with Gasteiger partial charge in [-0.15, -0.1) is 11.3 Å². The predicted molar refractivity (Wildman–Crippen MR) is 276 cm³/mol. The Morgan fingerprint density at radius 3 is 1.30 bits per heavy atom. The third-order valence-electron chi connectivity index (χ3n) is 12.7. The maximum Gasteiger partial charge on any atom is 0.0624 e. The van der Waals surface area contributed by atoms with Crippen molar-refractivity contribution in [1.29, 1.82) is 0 Å². The number of hydrogen-bond acceptors (Lipinski definition) is 2. The van der Waals surface area contributed by atoms with Crippen LogP contribution in [0.4, 0.5) is 17.1 Å². The van der Waals surface area contributed by atoms with Crippen molar-refractivity contribution in [3.63, 3.8) is 0 Å². The Bertz CT molecular complexity index is 3630. The molecule has 0 unspecified atom stereocenters. The summed E-state index contributed by atoms with van der Waals surface area (Å²) in [6.45, 7) is 0. The maximum atomic E-state index is 2.49. The summed E-state index contributed by atoms with van der Waals surface area (Å²) in [7, 11) is 0. The molecule has 0 atom stereocenters. The zero-order valence-corrected chi connectivity index (χ0v) is 35.8. The van der Waals surface area contributed by atoms with Crippen LogP contribution >= 0.6 is 11.3 Å². The standard InChI is InChI=1S/C62H41NS/c1-3-16-42(17-4-1)43-30-32-47(33-31-43)60-56-25-11-9-22-53(56)54-23-10-12-26-57(54)61(60)63(48-38-34-45(35-39-48)51-21-8-7-20-50(51)44-18-5-2-6-19-44)49-40-36-46(37-41-49)52-27-15-28-58-55-24-13-14-29-59(55)64-62(52)58/h1-41H. The molecule has 0 bridgehead atoms. The highest BCUT2D eigenvalue weighted by atomic mass is 32.1. The molecular weight excluding hydrogens is 791 g/mol. The van der Waals surface area contributed by atoms with Crippen LogP contribution in [0.3, 0.4) is 0 Å². The van der Waals surface area contributed by atoms with E-state index in [-0.39, 0.29) is 0 Å². The fourth-order valence-electron chi connectivity index (χ4n) is 9.67. The SMILES string of the molecule is c1ccc(-c2ccc(-c3c(N(c4ccc(-c5ccccc5-c5ccccc5)cc4)c4ccc(-c5cccc6c5sc5ccccc56)cc4)c4ccccc4c4ccccc34)cc2)cc1. The maximum absolute atomic E-state index is 2.49. The third-order valence-corrected chi connectivity index (χ3v) is 13.9. The molecule has 0 amide bonds. The zero-order valence-electron chi connectivity index (χ0n) is 35.0. The molecule has 0 aliphatic heterocycles. The lowest BCUT2D eigenvalue weighted by atomic mass is 9.89. The topological polar surface area (TPSA) is 3.24 Å². The van der Waals surface area contributed by atoms with E-state index in [1.54, 1.807) is 0 Å². The quantitative estimate of drug-likeness (QED) is 0.138. The Morgan fingerprint density at radius 2 is 0.656 bits per heavy atom. The highest BCUT2D eigenvalue weighted by Gasteiger charge is 2.24. The fourth-order valence-corrected chi connectivity index (χ4v) is 10.9. The normalized spacial score (nSPS) is 11.4. The lowest BCUT2D eigenvalue weighted by Gasteiger charge is -2.31. The van der Waals surface area contributed by atoms with Gasteiger partial charge in [0.15, 0.2) is 0 Å². The average Bonchev–Trinajstić information content (AvgIpc) is 3.77. The first-order valence-electron chi connectivity index (χ1n) is 21.9. The van der Waals surface area contributed by atoms with E-state index in [2.05, 4.69) is 254 Å². The summed E-state index contributed by atoms with van der Waals surface area (Å²) in [6, 6.07) is 90.9. The highest BCUT2D eigenvalue weighted by Crippen LogP contribution is 2.50. The van der Waals surface area contributed by atoms with E-state index in [0.29, 0.717) is 0 Å². The molecule has 12 rings (SSSR count). The molecule has 12 aromatic rings. The van der Waals surface area contributed by atoms with Crippen molar-refractivity contribution in [1.82, 2.24) is 0 Å². The van der Waals surface area contributed by atoms with Gasteiger partial charge >= 0.3 is 0 Å². The zero-order chi connectivity index (χ0) is 42.4. The van der Waals surface area contributed by atoms with Gasteiger partial charge in [0.25, 0.3) is 0 Å². The summed E-state index contributed by atoms with van der Waals surface area (Å²) in [4.78, 5) is 2.49. The molecule has 1 heterocycles. The van der Waals surface area contributed by atoms with Gasteiger partial charge < -0.3 is 4.90 Å². The van der Waals surface area contributed by atoms with Crippen LogP contribution in [0.2, 0.25) is 0 Å². The summed E-state index contributed by atoms with van der Waals surface area (Å²) in [5, 5.41) is 7.50. The summed E-state index contributed by atoms with van der Waals surface area (Å²) in [6.07, 6.45) is 0. The smallest absolute Gasteiger partial charge is 0.0624 e. The molecule has 2 heteroatoms. The molecule has 11 aromatic carbocycles. The Morgan fingerprint density at radius 1 is 0.250 bits per heavy atom. The molecule has 0 spiro atoms. The number of rotatable bonds is 8. The minimum atomic E-state index is 1.09. The number of benzene rings is 11. The van der Waals surface area contributed by atoms with Crippen LogP contribution in [0, 0.1) is 0 Å². The van der Waals surface area contributed by atoms with Gasteiger partial charge in [-0.05, 0) is 96.6 Å². The average molecular weight is 832 g/mol. The van der Waals surface area contributed by atoms with Crippen LogP contribution in [0.25, 0.3) is 97.4 Å². The minimum absolute atomic E-state index is 1.09. The highest BCUT2D eigenvalue weighted by molar-refractivity contribution is 7.26. The number of anilines is 3. The predicted octanol–water partition coefficient (Wildman–Crippen LogP) is 18.2. The second-order valence-electron chi connectivity index (χ2n) is 16.4. The molecule has 0 fully saturated rings. The minimum Gasteiger partial charge on any atom is -0.309 e. The van der Waals surface area contributed by atoms with Crippen molar-refractivity contribution in [2.45, 2.75) is 0 Å². The molecule has 0 aliphatic rings. The number of thiophene rings is 1. The van der Waals surface area contributed by atoms with E-state index in [0.717, 1.165) is 17.1 Å². The molecule has 64 heavy (non-hydrogen) atoms. The Labute approximate surface area is 377 Å². The largest absolute Gasteiger partial charge is 0.309 e. The van der Waals surface area contributed by atoms with E-state index in [9.17, 15) is 0 Å². The summed E-state index contributed by atoms with van der Waals surface area (Å²) in [5.41, 5.74) is 15.4. The third kappa shape index (κ3) is 6.55. The van der Waals surface area contributed by atoms with Crippen LogP contribution in [0.15, 0.2) is 249 Å². The molecule has 0 radical (unpaired) electrons. The van der Waals surface area contributed by atoms with Crippen molar-refractivity contribution in [3.05, 3.63) is 249 Å². The van der Waals surface area contributed by atoms with Gasteiger partial charge in [0.2, 0.25) is 0 Å². The molecule has 0 aliphatic carbocycles. The lowest BCUT2D eigenvalue weighted by Crippen LogP contribution is -2.12. The Hall–Kier alpha value is -8.04. The van der Waals surface area contributed by atoms with Gasteiger partial charge in [0.05, 0.1) is 5.69 Å². The molecule has 1 nitrogen and oxygen atoms in total. The first-order valence-corrected chi connectivity index (χ1v) is 22.7. The van der Waals surface area contributed by atoms with Crippen molar-refractivity contribution < 1.29 is 0 Å². The van der Waals surface area contributed by atoms with Gasteiger partial charge in [-0.1, -0.05) is 218 Å². The van der Waals surface area contributed by atoms with Crippen molar-refractivity contribution in [3.8, 4) is 55.6 Å². The van der Waals surface area contributed by atoms with E-state index < -0.39 is 0 Å². The summed E-state index contributed by atoms with van der Waals surface area (Å²) >= 11 is 1.88. The van der Waals surface area contributed by atoms with E-state index in [4.69, 9.17) is 0 Å². The number of nitrogens with zero attached hydrogens (tertiary/aromatic N) is 1. The van der Waals surface area contributed by atoms with Crippen molar-refractivity contribution in [2.75, 3.05) is 4.90 Å². The second-order valence-corrected chi connectivity index (χ2v) is 17.4. The summed E-state index contributed by atoms with van der Waals surface area (Å²) in [5.74, 6) is 0. The molecule has 300 valence electrons. The Balaban J connectivity index is 1.08. The van der Waals surface area contributed by atoms with Crippen LogP contribution in [-0.2, 0) is 0 Å². The number of hydrogen-bond donors (Lipinski definition) is 0.